The molecule has 0 aliphatic rings. The Labute approximate surface area is 170 Å². The number of ether oxygens (including phenoxy) is 1. The van der Waals surface area contributed by atoms with E-state index in [0.717, 1.165) is 6.61 Å². The van der Waals surface area contributed by atoms with E-state index in [1.165, 1.54) is 89.9 Å². The van der Waals surface area contributed by atoms with E-state index in [0.29, 0.717) is 12.5 Å². The molecule has 0 spiro atoms. The molecule has 0 aromatic carbocycles. The van der Waals surface area contributed by atoms with Gasteiger partial charge in [-0.3, -0.25) is 0 Å². The SMILES string of the molecule is CCCCCCCCCCCCCCCCOC[C@H](CCl)O[Si](C)(C)C. The topological polar surface area (TPSA) is 18.5 Å². The maximum absolute atomic E-state index is 5.99. The fourth-order valence-electron chi connectivity index (χ4n) is 3.22. The van der Waals surface area contributed by atoms with Gasteiger partial charge in [-0.2, -0.15) is 0 Å². The summed E-state index contributed by atoms with van der Waals surface area (Å²) < 4.78 is 11.7. The monoisotopic (exact) mass is 406 g/mol. The van der Waals surface area contributed by atoms with Crippen molar-refractivity contribution in [3.63, 3.8) is 0 Å². The summed E-state index contributed by atoms with van der Waals surface area (Å²) >= 11 is 5.96. The van der Waals surface area contributed by atoms with Crippen LogP contribution in [0.5, 0.6) is 0 Å². The quantitative estimate of drug-likeness (QED) is 0.116. The van der Waals surface area contributed by atoms with E-state index in [2.05, 4.69) is 26.6 Å². The predicted molar refractivity (Wildman–Crippen MR) is 120 cm³/mol. The van der Waals surface area contributed by atoms with Crippen LogP contribution < -0.4 is 0 Å². The molecular formula is C22H47ClO2Si. The van der Waals surface area contributed by atoms with Crippen LogP contribution in [0.1, 0.15) is 96.8 Å². The first-order valence-corrected chi connectivity index (χ1v) is 15.3. The molecule has 0 radical (unpaired) electrons. The molecule has 0 aliphatic heterocycles. The molecule has 26 heavy (non-hydrogen) atoms. The van der Waals surface area contributed by atoms with Crippen LogP contribution >= 0.6 is 11.6 Å². The summed E-state index contributed by atoms with van der Waals surface area (Å²) in [6.45, 7) is 10.4. The molecule has 0 fully saturated rings. The summed E-state index contributed by atoms with van der Waals surface area (Å²) in [5.74, 6) is 0.531. The van der Waals surface area contributed by atoms with Crippen molar-refractivity contribution < 1.29 is 9.16 Å². The highest BCUT2D eigenvalue weighted by Crippen LogP contribution is 2.13. The van der Waals surface area contributed by atoms with E-state index in [4.69, 9.17) is 20.8 Å². The number of unbranched alkanes of at least 4 members (excludes halogenated alkanes) is 13. The lowest BCUT2D eigenvalue weighted by atomic mass is 10.0. The lowest BCUT2D eigenvalue weighted by Gasteiger charge is -2.24. The van der Waals surface area contributed by atoms with Crippen LogP contribution in [0, 0.1) is 0 Å². The zero-order valence-electron chi connectivity index (χ0n) is 18.3. The Kier molecular flexibility index (Phi) is 19.1. The molecule has 158 valence electrons. The second kappa shape index (κ2) is 18.8. The molecule has 0 heterocycles. The summed E-state index contributed by atoms with van der Waals surface area (Å²) in [5.41, 5.74) is 0. The number of hydrogen-bond donors (Lipinski definition) is 0. The normalized spacial score (nSPS) is 13.3. The van der Waals surface area contributed by atoms with Crippen molar-refractivity contribution >= 4 is 19.9 Å². The van der Waals surface area contributed by atoms with Gasteiger partial charge in [0.25, 0.3) is 0 Å². The zero-order valence-corrected chi connectivity index (χ0v) is 20.0. The fraction of sp³-hybridized carbons (Fsp3) is 1.00. The lowest BCUT2D eigenvalue weighted by Crippen LogP contribution is -2.35. The van der Waals surface area contributed by atoms with Crippen molar-refractivity contribution in [2.75, 3.05) is 19.1 Å². The average Bonchev–Trinajstić information content (AvgIpc) is 2.59. The molecule has 0 rings (SSSR count). The third kappa shape index (κ3) is 20.7. The Morgan fingerprint density at radius 2 is 1.12 bits per heavy atom. The Bertz CT molecular complexity index is 282. The molecule has 0 amide bonds. The summed E-state index contributed by atoms with van der Waals surface area (Å²) in [6.07, 6.45) is 19.6. The molecule has 0 aliphatic carbocycles. The third-order valence-corrected chi connectivity index (χ3v) is 6.02. The highest BCUT2D eigenvalue weighted by atomic mass is 35.5. The smallest absolute Gasteiger partial charge is 0.184 e. The maximum Gasteiger partial charge on any atom is 0.184 e. The number of halogens is 1. The summed E-state index contributed by atoms with van der Waals surface area (Å²) in [5, 5.41) is 0. The number of hydrogen-bond acceptors (Lipinski definition) is 2. The second-order valence-electron chi connectivity index (χ2n) is 8.68. The fourth-order valence-corrected chi connectivity index (χ4v) is 4.63. The lowest BCUT2D eigenvalue weighted by molar-refractivity contribution is 0.0547. The Morgan fingerprint density at radius 1 is 0.692 bits per heavy atom. The van der Waals surface area contributed by atoms with Crippen LogP contribution in [0.2, 0.25) is 19.6 Å². The van der Waals surface area contributed by atoms with Gasteiger partial charge in [0.2, 0.25) is 0 Å². The van der Waals surface area contributed by atoms with Crippen LogP contribution in [0.15, 0.2) is 0 Å². The van der Waals surface area contributed by atoms with Gasteiger partial charge < -0.3 is 9.16 Å². The van der Waals surface area contributed by atoms with Gasteiger partial charge in [-0.05, 0) is 26.1 Å². The van der Waals surface area contributed by atoms with Crippen molar-refractivity contribution in [3.05, 3.63) is 0 Å². The Hall–Kier alpha value is 0.427. The predicted octanol–water partition coefficient (Wildman–Crippen LogP) is 7.94. The van der Waals surface area contributed by atoms with Gasteiger partial charge in [-0.1, -0.05) is 90.4 Å². The first-order chi connectivity index (χ1) is 12.5. The largest absolute Gasteiger partial charge is 0.411 e. The molecule has 1 atom stereocenters. The molecule has 0 N–H and O–H groups in total. The number of alkyl halides is 1. The molecular weight excluding hydrogens is 360 g/mol. The van der Waals surface area contributed by atoms with Crippen LogP contribution in [0.4, 0.5) is 0 Å². The highest BCUT2D eigenvalue weighted by molar-refractivity contribution is 6.69. The molecule has 0 saturated heterocycles. The van der Waals surface area contributed by atoms with Crippen molar-refractivity contribution in [1.29, 1.82) is 0 Å². The maximum atomic E-state index is 5.99. The molecule has 0 bridgehead atoms. The first kappa shape index (κ1) is 26.4. The van der Waals surface area contributed by atoms with E-state index in [9.17, 15) is 0 Å². The van der Waals surface area contributed by atoms with Gasteiger partial charge in [0, 0.05) is 12.5 Å². The van der Waals surface area contributed by atoms with Gasteiger partial charge in [-0.15, -0.1) is 11.6 Å². The van der Waals surface area contributed by atoms with Crippen LogP contribution in [0.3, 0.4) is 0 Å². The highest BCUT2D eigenvalue weighted by Gasteiger charge is 2.20. The summed E-state index contributed by atoms with van der Waals surface area (Å²) in [7, 11) is -1.52. The van der Waals surface area contributed by atoms with Crippen LogP contribution in [0.25, 0.3) is 0 Å². The van der Waals surface area contributed by atoms with Gasteiger partial charge in [-0.25, -0.2) is 0 Å². The third-order valence-electron chi connectivity index (χ3n) is 4.64. The molecule has 4 heteroatoms. The Balaban J connectivity index is 3.22. The van der Waals surface area contributed by atoms with E-state index in [-0.39, 0.29) is 6.10 Å². The van der Waals surface area contributed by atoms with Crippen molar-refractivity contribution in [2.45, 2.75) is 123 Å². The molecule has 0 saturated carbocycles. The van der Waals surface area contributed by atoms with Gasteiger partial charge in [0.05, 0.1) is 12.7 Å². The molecule has 0 unspecified atom stereocenters. The minimum absolute atomic E-state index is 0.0648. The van der Waals surface area contributed by atoms with Crippen molar-refractivity contribution in [1.82, 2.24) is 0 Å². The van der Waals surface area contributed by atoms with E-state index < -0.39 is 8.32 Å². The van der Waals surface area contributed by atoms with Gasteiger partial charge >= 0.3 is 0 Å². The average molecular weight is 407 g/mol. The first-order valence-electron chi connectivity index (χ1n) is 11.3. The van der Waals surface area contributed by atoms with E-state index in [1.807, 2.05) is 0 Å². The van der Waals surface area contributed by atoms with Crippen LogP contribution in [-0.2, 0) is 9.16 Å². The minimum Gasteiger partial charge on any atom is -0.411 e. The number of rotatable bonds is 20. The van der Waals surface area contributed by atoms with Gasteiger partial charge in [0.1, 0.15) is 0 Å². The summed E-state index contributed by atoms with van der Waals surface area (Å²) in [4.78, 5) is 0. The van der Waals surface area contributed by atoms with Gasteiger partial charge in [0.15, 0.2) is 8.32 Å². The van der Waals surface area contributed by atoms with Crippen molar-refractivity contribution in [2.24, 2.45) is 0 Å². The minimum atomic E-state index is -1.52. The Morgan fingerprint density at radius 3 is 1.50 bits per heavy atom. The van der Waals surface area contributed by atoms with E-state index in [1.54, 1.807) is 0 Å². The van der Waals surface area contributed by atoms with Crippen molar-refractivity contribution in [3.8, 4) is 0 Å². The summed E-state index contributed by atoms with van der Waals surface area (Å²) in [6, 6.07) is 0. The molecule has 0 aromatic rings. The van der Waals surface area contributed by atoms with Crippen LogP contribution in [-0.4, -0.2) is 33.5 Å². The molecule has 2 nitrogen and oxygen atoms in total. The van der Waals surface area contributed by atoms with E-state index >= 15 is 0 Å². The molecule has 0 aromatic heterocycles. The second-order valence-corrected chi connectivity index (χ2v) is 13.4. The standard InChI is InChI=1S/C22H47ClO2Si/c1-5-6-7-8-9-10-11-12-13-14-15-16-17-18-19-24-21-22(20-23)25-26(2,3)4/h22H,5-21H2,1-4H3/t22-/m0/s1. The zero-order chi connectivity index (χ0) is 19.5.